The maximum Gasteiger partial charge on any atom is 0.317 e. The maximum absolute atomic E-state index is 12.3. The molecule has 0 spiro atoms. The molecule has 1 aromatic carbocycles. The van der Waals surface area contributed by atoms with Gasteiger partial charge in [0.25, 0.3) is 0 Å². The van der Waals surface area contributed by atoms with Gasteiger partial charge in [0.15, 0.2) is 5.82 Å². The highest BCUT2D eigenvalue weighted by molar-refractivity contribution is 5.74. The Bertz CT molecular complexity index is 659. The minimum Gasteiger partial charge on any atom is -0.375 e. The van der Waals surface area contributed by atoms with Gasteiger partial charge in [0, 0.05) is 20.0 Å². The van der Waals surface area contributed by atoms with Crippen molar-refractivity contribution in [3.05, 3.63) is 47.6 Å². The number of rotatable bonds is 5. The number of amides is 2. The molecule has 2 aromatic rings. The van der Waals surface area contributed by atoms with Gasteiger partial charge in [-0.3, -0.25) is 0 Å². The van der Waals surface area contributed by atoms with Crippen LogP contribution in [0.1, 0.15) is 23.7 Å². The lowest BCUT2D eigenvalue weighted by molar-refractivity contribution is -0.0176. The van der Waals surface area contributed by atoms with E-state index in [1.165, 1.54) is 5.56 Å². The molecule has 0 bridgehead atoms. The fourth-order valence-electron chi connectivity index (χ4n) is 2.73. The summed E-state index contributed by atoms with van der Waals surface area (Å²) < 4.78 is 10.7. The summed E-state index contributed by atoms with van der Waals surface area (Å²) >= 11 is 0. The van der Waals surface area contributed by atoms with Gasteiger partial charge in [-0.1, -0.05) is 35.5 Å². The Morgan fingerprint density at radius 1 is 1.38 bits per heavy atom. The molecule has 1 aromatic heterocycles. The van der Waals surface area contributed by atoms with Gasteiger partial charge in [-0.2, -0.15) is 4.98 Å². The smallest absolute Gasteiger partial charge is 0.317 e. The number of urea groups is 1. The van der Waals surface area contributed by atoms with Gasteiger partial charge in [0.1, 0.15) is 0 Å². The number of hydrogen-bond donors (Lipinski definition) is 1. The number of nitrogens with one attached hydrogen (secondary N) is 1. The summed E-state index contributed by atoms with van der Waals surface area (Å²) in [5.41, 5.74) is 1.29. The second-order valence-corrected chi connectivity index (χ2v) is 5.85. The number of benzene rings is 1. The molecule has 0 saturated carbocycles. The van der Waals surface area contributed by atoms with Gasteiger partial charge in [-0.15, -0.1) is 0 Å². The summed E-state index contributed by atoms with van der Waals surface area (Å²) in [5, 5.41) is 6.59. The first-order valence-corrected chi connectivity index (χ1v) is 8.18. The van der Waals surface area contributed by atoms with Crippen LogP contribution in [0.25, 0.3) is 0 Å². The SMILES string of the molecule is Cc1nc(CNC(=O)N2CCO[C@@H](CCc3ccccc3)C2)no1. The molecule has 1 fully saturated rings. The van der Waals surface area contributed by atoms with E-state index in [9.17, 15) is 4.79 Å². The molecule has 24 heavy (non-hydrogen) atoms. The van der Waals surface area contributed by atoms with Crippen molar-refractivity contribution in [2.45, 2.75) is 32.4 Å². The molecule has 7 nitrogen and oxygen atoms in total. The summed E-state index contributed by atoms with van der Waals surface area (Å²) in [6.07, 6.45) is 1.91. The summed E-state index contributed by atoms with van der Waals surface area (Å²) in [4.78, 5) is 18.1. The van der Waals surface area contributed by atoms with Crippen molar-refractivity contribution in [2.75, 3.05) is 19.7 Å². The largest absolute Gasteiger partial charge is 0.375 e. The molecule has 1 aliphatic rings. The molecule has 128 valence electrons. The van der Waals surface area contributed by atoms with Crippen molar-refractivity contribution in [2.24, 2.45) is 0 Å². The van der Waals surface area contributed by atoms with Gasteiger partial charge in [-0.05, 0) is 18.4 Å². The molecule has 0 unspecified atom stereocenters. The molecule has 7 heteroatoms. The van der Waals surface area contributed by atoms with E-state index >= 15 is 0 Å². The molecular weight excluding hydrogens is 308 g/mol. The highest BCUT2D eigenvalue weighted by Gasteiger charge is 2.24. The van der Waals surface area contributed by atoms with Crippen molar-refractivity contribution in [3.63, 3.8) is 0 Å². The molecule has 1 saturated heterocycles. The second kappa shape index (κ2) is 7.92. The number of hydrogen-bond acceptors (Lipinski definition) is 5. The first-order chi connectivity index (χ1) is 11.7. The van der Waals surface area contributed by atoms with E-state index in [4.69, 9.17) is 9.26 Å². The molecule has 1 atom stereocenters. The summed E-state index contributed by atoms with van der Waals surface area (Å²) in [5.74, 6) is 0.973. The molecule has 0 aliphatic carbocycles. The van der Waals surface area contributed by atoms with Crippen LogP contribution in [0.4, 0.5) is 4.79 Å². The zero-order valence-electron chi connectivity index (χ0n) is 13.8. The van der Waals surface area contributed by atoms with Gasteiger partial charge >= 0.3 is 6.03 Å². The Morgan fingerprint density at radius 2 is 2.21 bits per heavy atom. The van der Waals surface area contributed by atoms with Crippen molar-refractivity contribution in [3.8, 4) is 0 Å². The minimum atomic E-state index is -0.120. The van der Waals surface area contributed by atoms with Gasteiger partial charge in [0.2, 0.25) is 5.89 Å². The predicted molar refractivity (Wildman–Crippen MR) is 87.3 cm³/mol. The van der Waals surface area contributed by atoms with E-state index in [2.05, 4.69) is 27.6 Å². The predicted octanol–water partition coefficient (Wildman–Crippen LogP) is 1.92. The van der Waals surface area contributed by atoms with Crippen molar-refractivity contribution < 1.29 is 14.1 Å². The van der Waals surface area contributed by atoms with Crippen LogP contribution >= 0.6 is 0 Å². The van der Waals surface area contributed by atoms with E-state index in [-0.39, 0.29) is 18.7 Å². The molecule has 3 rings (SSSR count). The van der Waals surface area contributed by atoms with E-state index in [0.29, 0.717) is 31.4 Å². The highest BCUT2D eigenvalue weighted by Crippen LogP contribution is 2.13. The van der Waals surface area contributed by atoms with Gasteiger partial charge in [-0.25, -0.2) is 4.79 Å². The number of carbonyl (C=O) groups is 1. The van der Waals surface area contributed by atoms with Crippen LogP contribution in [-0.2, 0) is 17.7 Å². The monoisotopic (exact) mass is 330 g/mol. The number of aromatic nitrogens is 2. The lowest BCUT2D eigenvalue weighted by Crippen LogP contribution is -2.49. The Kier molecular flexibility index (Phi) is 5.43. The quantitative estimate of drug-likeness (QED) is 0.906. The number of ether oxygens (including phenoxy) is 1. The fourth-order valence-corrected chi connectivity index (χ4v) is 2.73. The van der Waals surface area contributed by atoms with E-state index in [1.54, 1.807) is 11.8 Å². The van der Waals surface area contributed by atoms with Crippen LogP contribution < -0.4 is 5.32 Å². The van der Waals surface area contributed by atoms with Crippen LogP contribution in [0.15, 0.2) is 34.9 Å². The fraction of sp³-hybridized carbons (Fsp3) is 0.471. The van der Waals surface area contributed by atoms with E-state index in [0.717, 1.165) is 12.8 Å². The van der Waals surface area contributed by atoms with E-state index in [1.807, 2.05) is 18.2 Å². The second-order valence-electron chi connectivity index (χ2n) is 5.85. The first-order valence-electron chi connectivity index (χ1n) is 8.18. The molecule has 2 amide bonds. The summed E-state index contributed by atoms with van der Waals surface area (Å²) in [6, 6.07) is 10.2. The molecule has 0 radical (unpaired) electrons. The highest BCUT2D eigenvalue weighted by atomic mass is 16.5. The number of nitrogens with zero attached hydrogens (tertiary/aromatic N) is 3. The standard InChI is InChI=1S/C17H22N4O3/c1-13-19-16(20-24-13)11-18-17(22)21-9-10-23-15(12-21)8-7-14-5-3-2-4-6-14/h2-6,15H,7-12H2,1H3,(H,18,22)/t15-/m0/s1. The third-order valence-corrected chi connectivity index (χ3v) is 3.99. The minimum absolute atomic E-state index is 0.0668. The van der Waals surface area contributed by atoms with Crippen LogP contribution in [0, 0.1) is 6.92 Å². The van der Waals surface area contributed by atoms with Crippen LogP contribution in [-0.4, -0.2) is 46.9 Å². The molecular formula is C17H22N4O3. The summed E-state index contributed by atoms with van der Waals surface area (Å²) in [6.45, 7) is 3.75. The Morgan fingerprint density at radius 3 is 2.96 bits per heavy atom. The Balaban J connectivity index is 1.45. The average molecular weight is 330 g/mol. The van der Waals surface area contributed by atoms with Crippen molar-refractivity contribution >= 4 is 6.03 Å². The number of carbonyl (C=O) groups excluding carboxylic acids is 1. The lowest BCUT2D eigenvalue weighted by atomic mass is 10.1. The average Bonchev–Trinajstić information content (AvgIpc) is 3.04. The number of morpholine rings is 1. The first kappa shape index (κ1) is 16.4. The molecule has 2 heterocycles. The van der Waals surface area contributed by atoms with Crippen LogP contribution in [0.3, 0.4) is 0 Å². The summed E-state index contributed by atoms with van der Waals surface area (Å²) in [7, 11) is 0. The third-order valence-electron chi connectivity index (χ3n) is 3.99. The lowest BCUT2D eigenvalue weighted by Gasteiger charge is -2.33. The number of aryl methyl sites for hydroxylation is 2. The normalized spacial score (nSPS) is 17.7. The van der Waals surface area contributed by atoms with E-state index < -0.39 is 0 Å². The van der Waals surface area contributed by atoms with Crippen LogP contribution in [0.5, 0.6) is 0 Å². The zero-order valence-corrected chi connectivity index (χ0v) is 13.8. The van der Waals surface area contributed by atoms with Gasteiger partial charge < -0.3 is 19.5 Å². The topological polar surface area (TPSA) is 80.5 Å². The molecule has 1 N–H and O–H groups in total. The zero-order chi connectivity index (χ0) is 16.8. The van der Waals surface area contributed by atoms with Gasteiger partial charge in [0.05, 0.1) is 19.3 Å². The van der Waals surface area contributed by atoms with Crippen LogP contribution in [0.2, 0.25) is 0 Å². The molecule has 1 aliphatic heterocycles. The maximum atomic E-state index is 12.3. The van der Waals surface area contributed by atoms with Crippen molar-refractivity contribution in [1.82, 2.24) is 20.4 Å². The Labute approximate surface area is 141 Å². The Hall–Kier alpha value is -2.41. The third kappa shape index (κ3) is 4.55. The van der Waals surface area contributed by atoms with Crippen molar-refractivity contribution in [1.29, 1.82) is 0 Å².